The zero-order valence-electron chi connectivity index (χ0n) is 12.2. The number of aryl methyl sites for hydroxylation is 3. The number of imidazole rings is 1. The van der Waals surface area contributed by atoms with Crippen LogP contribution in [0.15, 0.2) is 16.8 Å². The highest BCUT2D eigenvalue weighted by atomic mass is 16.3. The fourth-order valence-corrected chi connectivity index (χ4v) is 2.63. The average molecular weight is 261 g/mol. The van der Waals surface area contributed by atoms with Crippen molar-refractivity contribution in [3.63, 3.8) is 0 Å². The lowest BCUT2D eigenvalue weighted by Gasteiger charge is -2.13. The number of aromatic nitrogens is 2. The van der Waals surface area contributed by atoms with Gasteiger partial charge in [-0.2, -0.15) is 0 Å². The predicted molar refractivity (Wildman–Crippen MR) is 76.1 cm³/mol. The van der Waals surface area contributed by atoms with Crippen LogP contribution in [0.5, 0.6) is 0 Å². The molecule has 104 valence electrons. The first-order chi connectivity index (χ1) is 9.04. The molecule has 0 saturated carbocycles. The summed E-state index contributed by atoms with van der Waals surface area (Å²) in [6.07, 6.45) is 5.71. The van der Waals surface area contributed by atoms with Gasteiger partial charge in [-0.05, 0) is 32.8 Å². The van der Waals surface area contributed by atoms with Crippen LogP contribution in [0.2, 0.25) is 0 Å². The third kappa shape index (κ3) is 2.73. The molecule has 0 fully saturated rings. The zero-order chi connectivity index (χ0) is 14.0. The van der Waals surface area contributed by atoms with E-state index < -0.39 is 0 Å². The van der Waals surface area contributed by atoms with Crippen LogP contribution < -0.4 is 5.73 Å². The van der Waals surface area contributed by atoms with Gasteiger partial charge in [-0.25, -0.2) is 4.98 Å². The van der Waals surface area contributed by atoms with Crippen molar-refractivity contribution in [2.75, 3.05) is 0 Å². The molecule has 0 amide bonds. The summed E-state index contributed by atoms with van der Waals surface area (Å²) in [5.41, 5.74) is 8.65. The summed E-state index contributed by atoms with van der Waals surface area (Å²) in [5.74, 6) is 2.93. The first-order valence-corrected chi connectivity index (χ1v) is 6.86. The summed E-state index contributed by atoms with van der Waals surface area (Å²) in [5, 5.41) is 0. The number of hydrogen-bond acceptors (Lipinski definition) is 3. The van der Waals surface area contributed by atoms with Crippen LogP contribution in [0.25, 0.3) is 0 Å². The lowest BCUT2D eigenvalue weighted by atomic mass is 10.00. The van der Waals surface area contributed by atoms with Gasteiger partial charge in [-0.3, -0.25) is 0 Å². The van der Waals surface area contributed by atoms with Crippen molar-refractivity contribution in [3.05, 3.63) is 40.9 Å². The van der Waals surface area contributed by atoms with Gasteiger partial charge in [0.25, 0.3) is 0 Å². The van der Waals surface area contributed by atoms with Gasteiger partial charge in [0.05, 0.1) is 0 Å². The quantitative estimate of drug-likeness (QED) is 0.900. The molecule has 0 aromatic carbocycles. The molecule has 1 atom stereocenters. The molecule has 2 aromatic heterocycles. The highest BCUT2D eigenvalue weighted by molar-refractivity contribution is 5.34. The summed E-state index contributed by atoms with van der Waals surface area (Å²) < 4.78 is 7.83. The minimum absolute atomic E-state index is 0.0598. The van der Waals surface area contributed by atoms with Crippen molar-refractivity contribution in [1.82, 2.24) is 9.55 Å². The van der Waals surface area contributed by atoms with Crippen LogP contribution in [-0.2, 0) is 13.0 Å². The lowest BCUT2D eigenvalue weighted by molar-refractivity contribution is 0.494. The van der Waals surface area contributed by atoms with E-state index in [-0.39, 0.29) is 6.04 Å². The molecule has 2 rings (SSSR count). The minimum Gasteiger partial charge on any atom is -0.466 e. The maximum absolute atomic E-state index is 6.35. The monoisotopic (exact) mass is 261 g/mol. The van der Waals surface area contributed by atoms with Crippen molar-refractivity contribution < 1.29 is 4.42 Å². The molecule has 4 nitrogen and oxygen atoms in total. The van der Waals surface area contributed by atoms with Gasteiger partial charge >= 0.3 is 0 Å². The molecule has 0 bridgehead atoms. The standard InChI is InChI=1S/C15H23N3O/c1-5-7-18-8-6-17-14(18)9-13(16)15-10(2)11(3)19-12(15)4/h6,8,13H,5,7,9,16H2,1-4H3. The Morgan fingerprint density at radius 2 is 2.05 bits per heavy atom. The fraction of sp³-hybridized carbons (Fsp3) is 0.533. The smallest absolute Gasteiger partial charge is 0.110 e. The minimum atomic E-state index is -0.0598. The van der Waals surface area contributed by atoms with Gasteiger partial charge in [-0.1, -0.05) is 6.92 Å². The first kappa shape index (κ1) is 13.9. The first-order valence-electron chi connectivity index (χ1n) is 6.86. The molecule has 4 heteroatoms. The van der Waals surface area contributed by atoms with E-state index in [1.807, 2.05) is 26.2 Å². The SMILES string of the molecule is CCCn1ccnc1CC(N)c1c(C)oc(C)c1C. The van der Waals surface area contributed by atoms with E-state index in [4.69, 9.17) is 10.2 Å². The van der Waals surface area contributed by atoms with Crippen LogP contribution in [-0.4, -0.2) is 9.55 Å². The van der Waals surface area contributed by atoms with E-state index >= 15 is 0 Å². The maximum atomic E-state index is 6.35. The van der Waals surface area contributed by atoms with E-state index in [1.54, 1.807) is 0 Å². The van der Waals surface area contributed by atoms with Gasteiger partial charge in [-0.15, -0.1) is 0 Å². The number of hydrogen-bond donors (Lipinski definition) is 1. The molecule has 0 aliphatic carbocycles. The van der Waals surface area contributed by atoms with Crippen molar-refractivity contribution in [3.8, 4) is 0 Å². The Labute approximate surface area is 114 Å². The van der Waals surface area contributed by atoms with E-state index in [1.165, 1.54) is 5.56 Å². The van der Waals surface area contributed by atoms with Gasteiger partial charge < -0.3 is 14.7 Å². The second-order valence-electron chi connectivity index (χ2n) is 5.10. The molecule has 0 aliphatic rings. The van der Waals surface area contributed by atoms with Crippen molar-refractivity contribution in [2.45, 2.75) is 53.1 Å². The van der Waals surface area contributed by atoms with E-state index in [0.717, 1.165) is 42.3 Å². The zero-order valence-corrected chi connectivity index (χ0v) is 12.2. The molecular weight excluding hydrogens is 238 g/mol. The Hall–Kier alpha value is -1.55. The number of nitrogens with two attached hydrogens (primary N) is 1. The Bertz CT molecular complexity index is 554. The summed E-state index contributed by atoms with van der Waals surface area (Å²) >= 11 is 0. The van der Waals surface area contributed by atoms with Crippen LogP contribution in [0.3, 0.4) is 0 Å². The number of furan rings is 1. The van der Waals surface area contributed by atoms with Crippen LogP contribution in [0.4, 0.5) is 0 Å². The second kappa shape index (κ2) is 5.61. The van der Waals surface area contributed by atoms with Gasteiger partial charge in [0.15, 0.2) is 0 Å². The number of nitrogens with zero attached hydrogens (tertiary/aromatic N) is 2. The molecular formula is C15H23N3O. The molecule has 0 aliphatic heterocycles. The Kier molecular flexibility index (Phi) is 4.10. The van der Waals surface area contributed by atoms with E-state index in [2.05, 4.69) is 23.4 Å². The van der Waals surface area contributed by atoms with E-state index in [0.29, 0.717) is 0 Å². The number of rotatable bonds is 5. The van der Waals surface area contributed by atoms with Crippen LogP contribution >= 0.6 is 0 Å². The Morgan fingerprint density at radius 1 is 1.32 bits per heavy atom. The third-order valence-corrected chi connectivity index (χ3v) is 3.66. The van der Waals surface area contributed by atoms with E-state index in [9.17, 15) is 0 Å². The summed E-state index contributed by atoms with van der Waals surface area (Å²) in [6.45, 7) is 9.19. The van der Waals surface area contributed by atoms with Crippen molar-refractivity contribution >= 4 is 0 Å². The average Bonchev–Trinajstić information content (AvgIpc) is 2.86. The second-order valence-corrected chi connectivity index (χ2v) is 5.10. The van der Waals surface area contributed by atoms with Crippen LogP contribution in [0.1, 0.15) is 47.9 Å². The molecule has 0 spiro atoms. The predicted octanol–water partition coefficient (Wildman–Crippen LogP) is 3.05. The highest BCUT2D eigenvalue weighted by Gasteiger charge is 2.19. The van der Waals surface area contributed by atoms with Gasteiger partial charge in [0, 0.05) is 37.0 Å². The summed E-state index contributed by atoms with van der Waals surface area (Å²) in [6, 6.07) is -0.0598. The fourth-order valence-electron chi connectivity index (χ4n) is 2.63. The van der Waals surface area contributed by atoms with Crippen molar-refractivity contribution in [2.24, 2.45) is 5.73 Å². The Balaban J connectivity index is 2.20. The highest BCUT2D eigenvalue weighted by Crippen LogP contribution is 2.27. The molecule has 2 aromatic rings. The molecule has 0 radical (unpaired) electrons. The normalized spacial score (nSPS) is 12.9. The summed E-state index contributed by atoms with van der Waals surface area (Å²) in [4.78, 5) is 4.42. The maximum Gasteiger partial charge on any atom is 0.110 e. The van der Waals surface area contributed by atoms with Gasteiger partial charge in [0.2, 0.25) is 0 Å². The largest absolute Gasteiger partial charge is 0.466 e. The Morgan fingerprint density at radius 3 is 2.63 bits per heavy atom. The molecule has 1 unspecified atom stereocenters. The topological polar surface area (TPSA) is 57.0 Å². The third-order valence-electron chi connectivity index (χ3n) is 3.66. The van der Waals surface area contributed by atoms with Gasteiger partial charge in [0.1, 0.15) is 17.3 Å². The molecule has 0 saturated heterocycles. The molecule has 19 heavy (non-hydrogen) atoms. The summed E-state index contributed by atoms with van der Waals surface area (Å²) in [7, 11) is 0. The molecule has 2 heterocycles. The van der Waals surface area contributed by atoms with Crippen LogP contribution in [0, 0.1) is 20.8 Å². The molecule has 2 N–H and O–H groups in total. The van der Waals surface area contributed by atoms with Crippen molar-refractivity contribution in [1.29, 1.82) is 0 Å². The lowest BCUT2D eigenvalue weighted by Crippen LogP contribution is -2.17.